The number of H-pyrrole nitrogens is 1. The Morgan fingerprint density at radius 1 is 1.19 bits per heavy atom. The summed E-state index contributed by atoms with van der Waals surface area (Å²) in [6, 6.07) is 7.80. The first kappa shape index (κ1) is 13.3. The second-order valence-corrected chi connectivity index (χ2v) is 4.96. The lowest BCUT2D eigenvalue weighted by molar-refractivity contribution is -0.130. The van der Waals surface area contributed by atoms with Gasteiger partial charge in [0.25, 0.3) is 0 Å². The van der Waals surface area contributed by atoms with Crippen molar-refractivity contribution in [1.82, 2.24) is 25.5 Å². The van der Waals surface area contributed by atoms with Crippen LogP contribution in [0.1, 0.15) is 5.82 Å². The molecule has 2 heterocycles. The molecule has 1 aromatic carbocycles. The van der Waals surface area contributed by atoms with Gasteiger partial charge in [0.15, 0.2) is 5.82 Å². The lowest BCUT2D eigenvalue weighted by atomic mass is 10.2. The van der Waals surface area contributed by atoms with Crippen LogP contribution in [0.3, 0.4) is 0 Å². The zero-order valence-electron chi connectivity index (χ0n) is 11.6. The topological polar surface area (TPSA) is 104 Å². The van der Waals surface area contributed by atoms with Crippen LogP contribution in [-0.4, -0.2) is 57.6 Å². The number of nitrogens with two attached hydrogens (primary N) is 1. The summed E-state index contributed by atoms with van der Waals surface area (Å²) in [6.07, 6.45) is 0.193. The number of amides is 1. The average Bonchev–Trinajstić information content (AvgIpc) is 3.01. The molecule has 1 fully saturated rings. The van der Waals surface area contributed by atoms with Crippen molar-refractivity contribution < 1.29 is 4.79 Å². The van der Waals surface area contributed by atoms with Crippen molar-refractivity contribution in [3.63, 3.8) is 0 Å². The van der Waals surface area contributed by atoms with Crippen LogP contribution in [0.2, 0.25) is 0 Å². The Morgan fingerprint density at radius 2 is 1.90 bits per heavy atom. The molecule has 8 nitrogen and oxygen atoms in total. The lowest BCUT2D eigenvalue weighted by Crippen LogP contribution is -2.49. The van der Waals surface area contributed by atoms with Gasteiger partial charge in [-0.15, -0.1) is 10.2 Å². The Hall–Kier alpha value is -2.64. The molecule has 8 heteroatoms. The van der Waals surface area contributed by atoms with Crippen LogP contribution in [0.25, 0.3) is 0 Å². The molecule has 0 saturated carbocycles. The van der Waals surface area contributed by atoms with Crippen molar-refractivity contribution in [2.45, 2.75) is 6.42 Å². The number of aromatic nitrogens is 4. The first-order valence-corrected chi connectivity index (χ1v) is 6.83. The van der Waals surface area contributed by atoms with Crippen LogP contribution >= 0.6 is 0 Å². The minimum atomic E-state index is 0.0355. The summed E-state index contributed by atoms with van der Waals surface area (Å²) < 4.78 is 0. The van der Waals surface area contributed by atoms with Crippen LogP contribution in [0.15, 0.2) is 24.3 Å². The fraction of sp³-hybridized carbons (Fsp3) is 0.385. The molecule has 3 N–H and O–H groups in total. The minimum Gasteiger partial charge on any atom is -0.399 e. The van der Waals surface area contributed by atoms with Gasteiger partial charge in [0, 0.05) is 37.6 Å². The second-order valence-electron chi connectivity index (χ2n) is 4.96. The third kappa shape index (κ3) is 3.10. The summed E-state index contributed by atoms with van der Waals surface area (Å²) in [7, 11) is 0. The van der Waals surface area contributed by atoms with Crippen molar-refractivity contribution in [3.05, 3.63) is 30.1 Å². The van der Waals surface area contributed by atoms with Gasteiger partial charge in [-0.25, -0.2) is 0 Å². The number of benzene rings is 1. The highest BCUT2D eigenvalue weighted by atomic mass is 16.2. The second kappa shape index (κ2) is 5.78. The maximum atomic E-state index is 12.1. The fourth-order valence-corrected chi connectivity index (χ4v) is 2.40. The number of anilines is 2. The van der Waals surface area contributed by atoms with Crippen molar-refractivity contribution in [3.8, 4) is 0 Å². The lowest BCUT2D eigenvalue weighted by Gasteiger charge is -2.36. The quantitative estimate of drug-likeness (QED) is 0.749. The molecule has 2 aromatic rings. The number of hydrogen-bond acceptors (Lipinski definition) is 6. The van der Waals surface area contributed by atoms with E-state index in [0.717, 1.165) is 24.5 Å². The molecule has 1 aliphatic rings. The minimum absolute atomic E-state index is 0.0355. The molecular formula is C13H17N7O. The van der Waals surface area contributed by atoms with Gasteiger partial charge in [-0.1, -0.05) is 5.21 Å². The van der Waals surface area contributed by atoms with Gasteiger partial charge in [0.2, 0.25) is 5.91 Å². The molecule has 1 saturated heterocycles. The highest BCUT2D eigenvalue weighted by Gasteiger charge is 2.22. The number of carbonyl (C=O) groups excluding carboxylic acids is 1. The van der Waals surface area contributed by atoms with E-state index in [1.807, 2.05) is 29.2 Å². The number of nitrogen functional groups attached to an aromatic ring is 1. The van der Waals surface area contributed by atoms with Gasteiger partial charge in [0.1, 0.15) is 0 Å². The zero-order valence-corrected chi connectivity index (χ0v) is 11.6. The van der Waals surface area contributed by atoms with E-state index >= 15 is 0 Å². The molecule has 0 bridgehead atoms. The van der Waals surface area contributed by atoms with E-state index in [-0.39, 0.29) is 12.3 Å². The number of aromatic amines is 1. The number of nitrogens with one attached hydrogen (secondary N) is 1. The normalized spacial score (nSPS) is 15.2. The third-order valence-electron chi connectivity index (χ3n) is 3.59. The summed E-state index contributed by atoms with van der Waals surface area (Å²) in [6.45, 7) is 3.01. The van der Waals surface area contributed by atoms with E-state index < -0.39 is 0 Å². The summed E-state index contributed by atoms with van der Waals surface area (Å²) in [5.41, 5.74) is 7.58. The summed E-state index contributed by atoms with van der Waals surface area (Å²) in [5.74, 6) is 0.467. The van der Waals surface area contributed by atoms with E-state index in [2.05, 4.69) is 25.5 Å². The molecule has 0 radical (unpaired) electrons. The summed E-state index contributed by atoms with van der Waals surface area (Å²) >= 11 is 0. The predicted molar refractivity (Wildman–Crippen MR) is 77.5 cm³/mol. The van der Waals surface area contributed by atoms with Crippen molar-refractivity contribution in [1.29, 1.82) is 0 Å². The van der Waals surface area contributed by atoms with E-state index in [1.165, 1.54) is 0 Å². The van der Waals surface area contributed by atoms with Gasteiger partial charge in [0.05, 0.1) is 6.42 Å². The van der Waals surface area contributed by atoms with Gasteiger partial charge >= 0.3 is 0 Å². The first-order chi connectivity index (χ1) is 10.2. The molecule has 0 spiro atoms. The van der Waals surface area contributed by atoms with Crippen LogP contribution in [-0.2, 0) is 11.2 Å². The fourth-order valence-electron chi connectivity index (χ4n) is 2.40. The summed E-state index contributed by atoms with van der Waals surface area (Å²) in [5, 5.41) is 13.4. The number of carbonyl (C=O) groups is 1. The molecule has 1 aromatic heterocycles. The molecule has 3 rings (SSSR count). The number of nitrogens with zero attached hydrogens (tertiary/aromatic N) is 5. The third-order valence-corrected chi connectivity index (χ3v) is 3.59. The number of piperazine rings is 1. The standard InChI is InChI=1S/C13H17N7O/c14-10-1-3-11(4-2-10)19-5-7-20(8-6-19)13(21)9-12-15-17-18-16-12/h1-4H,5-9,14H2,(H,15,16,17,18). The maximum absolute atomic E-state index is 12.1. The van der Waals surface area contributed by atoms with E-state index in [0.29, 0.717) is 18.9 Å². The van der Waals surface area contributed by atoms with Crippen LogP contribution in [0.5, 0.6) is 0 Å². The largest absolute Gasteiger partial charge is 0.399 e. The van der Waals surface area contributed by atoms with E-state index in [9.17, 15) is 4.79 Å². The molecule has 1 aliphatic heterocycles. The Morgan fingerprint density at radius 3 is 2.52 bits per heavy atom. The highest BCUT2D eigenvalue weighted by Crippen LogP contribution is 2.18. The Balaban J connectivity index is 1.55. The zero-order chi connectivity index (χ0) is 14.7. The maximum Gasteiger partial charge on any atom is 0.230 e. The van der Waals surface area contributed by atoms with E-state index in [1.54, 1.807) is 0 Å². The highest BCUT2D eigenvalue weighted by molar-refractivity contribution is 5.78. The molecule has 21 heavy (non-hydrogen) atoms. The van der Waals surface area contributed by atoms with Gasteiger partial charge in [-0.05, 0) is 24.3 Å². The SMILES string of the molecule is Nc1ccc(N2CCN(C(=O)Cc3nn[nH]n3)CC2)cc1. The Kier molecular flexibility index (Phi) is 3.67. The predicted octanol–water partition coefficient (Wildman–Crippen LogP) is -0.327. The van der Waals surface area contributed by atoms with Crippen LogP contribution in [0, 0.1) is 0 Å². The molecule has 110 valence electrons. The Labute approximate surface area is 121 Å². The smallest absolute Gasteiger partial charge is 0.230 e. The van der Waals surface area contributed by atoms with Gasteiger partial charge in [-0.2, -0.15) is 5.21 Å². The van der Waals surface area contributed by atoms with E-state index in [4.69, 9.17) is 5.73 Å². The van der Waals surface area contributed by atoms with Crippen LogP contribution < -0.4 is 10.6 Å². The monoisotopic (exact) mass is 287 g/mol. The number of rotatable bonds is 3. The molecule has 0 unspecified atom stereocenters. The number of tetrazole rings is 1. The van der Waals surface area contributed by atoms with Crippen molar-refractivity contribution in [2.24, 2.45) is 0 Å². The molecular weight excluding hydrogens is 270 g/mol. The number of hydrogen-bond donors (Lipinski definition) is 2. The van der Waals surface area contributed by atoms with Crippen molar-refractivity contribution >= 4 is 17.3 Å². The van der Waals surface area contributed by atoms with Gasteiger partial charge in [-0.3, -0.25) is 4.79 Å². The first-order valence-electron chi connectivity index (χ1n) is 6.83. The molecule has 1 amide bonds. The molecule has 0 atom stereocenters. The van der Waals surface area contributed by atoms with Gasteiger partial charge < -0.3 is 15.5 Å². The molecule has 0 aliphatic carbocycles. The van der Waals surface area contributed by atoms with Crippen molar-refractivity contribution in [2.75, 3.05) is 36.8 Å². The Bertz CT molecular complexity index is 587. The summed E-state index contributed by atoms with van der Waals surface area (Å²) in [4.78, 5) is 16.2. The van der Waals surface area contributed by atoms with Crippen LogP contribution in [0.4, 0.5) is 11.4 Å². The average molecular weight is 287 g/mol.